The largest absolute Gasteiger partial charge is 0.394 e. The van der Waals surface area contributed by atoms with E-state index in [0.29, 0.717) is 6.04 Å². The zero-order valence-corrected chi connectivity index (χ0v) is 9.87. The van der Waals surface area contributed by atoms with Crippen LogP contribution in [0.15, 0.2) is 0 Å². The number of nitrogens with one attached hydrogen (secondary N) is 2. The van der Waals surface area contributed by atoms with Crippen LogP contribution in [0.3, 0.4) is 0 Å². The van der Waals surface area contributed by atoms with Crippen LogP contribution in [0.2, 0.25) is 0 Å². The van der Waals surface area contributed by atoms with Gasteiger partial charge in [-0.05, 0) is 6.42 Å². The van der Waals surface area contributed by atoms with Crippen molar-refractivity contribution in [1.82, 2.24) is 10.2 Å². The Balaban J connectivity index is 0.000000385. The molecule has 1 aliphatic rings. The molecule has 16 heavy (non-hydrogen) atoms. The number of guanidine groups is 1. The lowest BCUT2D eigenvalue weighted by Gasteiger charge is -2.33. The Labute approximate surface area is 94.9 Å². The average molecular weight is 254 g/mol. The summed E-state index contributed by atoms with van der Waals surface area (Å²) in [4.78, 5) is 1.91. The fourth-order valence-electron chi connectivity index (χ4n) is 1.32. The van der Waals surface area contributed by atoms with E-state index in [-0.39, 0.29) is 5.96 Å². The molecule has 0 aromatic heterocycles. The third kappa shape index (κ3) is 8.41. The Bertz CT molecular complexity index is 310. The minimum atomic E-state index is -4.67. The first-order chi connectivity index (χ1) is 7.24. The van der Waals surface area contributed by atoms with Crippen molar-refractivity contribution < 1.29 is 17.5 Å². The fraction of sp³-hybridized carbons (Fsp3) is 0.857. The summed E-state index contributed by atoms with van der Waals surface area (Å²) in [5.74, 6) is 0.199. The van der Waals surface area contributed by atoms with Gasteiger partial charge in [0.15, 0.2) is 5.96 Å². The summed E-state index contributed by atoms with van der Waals surface area (Å²) in [6, 6.07) is 0.507. The standard InChI is InChI=1S/C7H16N4.H2O4S/c1-2-6-5-11(7(8)9)4-3-10-6;1-5(2,3)4/h6,10H,2-5H2,1H3,(H3,8,9);(H2,1,2,3,4). The maximum Gasteiger partial charge on any atom is 0.394 e. The van der Waals surface area contributed by atoms with Crippen molar-refractivity contribution in [3.63, 3.8) is 0 Å². The number of rotatable bonds is 1. The normalized spacial score (nSPS) is 20.9. The summed E-state index contributed by atoms with van der Waals surface area (Å²) in [7, 11) is -4.67. The first-order valence-electron chi connectivity index (χ1n) is 4.76. The van der Waals surface area contributed by atoms with E-state index in [0.717, 1.165) is 26.1 Å². The van der Waals surface area contributed by atoms with E-state index < -0.39 is 10.4 Å². The summed E-state index contributed by atoms with van der Waals surface area (Å²) in [6.07, 6.45) is 1.10. The monoisotopic (exact) mass is 254 g/mol. The number of hydrogen-bond acceptors (Lipinski definition) is 4. The number of nitrogens with two attached hydrogens (primary N) is 1. The molecule has 96 valence electrons. The highest BCUT2D eigenvalue weighted by Gasteiger charge is 2.17. The van der Waals surface area contributed by atoms with Gasteiger partial charge >= 0.3 is 10.4 Å². The zero-order valence-electron chi connectivity index (χ0n) is 9.05. The zero-order chi connectivity index (χ0) is 12.8. The molecular weight excluding hydrogens is 236 g/mol. The van der Waals surface area contributed by atoms with Gasteiger partial charge in [0.05, 0.1) is 0 Å². The number of piperazine rings is 1. The maximum absolute atomic E-state index is 8.74. The molecule has 1 rings (SSSR count). The third-order valence-electron chi connectivity index (χ3n) is 2.09. The molecule has 9 heteroatoms. The van der Waals surface area contributed by atoms with Crippen molar-refractivity contribution in [2.24, 2.45) is 5.73 Å². The van der Waals surface area contributed by atoms with Gasteiger partial charge in [0.2, 0.25) is 0 Å². The summed E-state index contributed by atoms with van der Waals surface area (Å²) >= 11 is 0. The lowest BCUT2D eigenvalue weighted by Crippen LogP contribution is -2.54. The summed E-state index contributed by atoms with van der Waals surface area (Å²) < 4.78 is 31.6. The van der Waals surface area contributed by atoms with Gasteiger partial charge in [-0.2, -0.15) is 8.42 Å². The van der Waals surface area contributed by atoms with Gasteiger partial charge in [0.25, 0.3) is 0 Å². The molecule has 1 saturated heterocycles. The molecule has 0 bridgehead atoms. The molecule has 0 aromatic rings. The van der Waals surface area contributed by atoms with E-state index in [1.807, 2.05) is 4.90 Å². The van der Waals surface area contributed by atoms with Crippen molar-refractivity contribution in [2.75, 3.05) is 19.6 Å². The molecule has 1 aliphatic heterocycles. The average Bonchev–Trinajstić information content (AvgIpc) is 2.15. The molecule has 1 atom stereocenters. The van der Waals surface area contributed by atoms with Gasteiger partial charge in [-0.1, -0.05) is 6.92 Å². The topological polar surface area (TPSA) is 140 Å². The Hall–Kier alpha value is -0.900. The highest BCUT2D eigenvalue weighted by Crippen LogP contribution is 2.00. The first-order valence-corrected chi connectivity index (χ1v) is 6.16. The fourth-order valence-corrected chi connectivity index (χ4v) is 1.32. The minimum absolute atomic E-state index is 0.199. The molecule has 1 heterocycles. The van der Waals surface area contributed by atoms with Crippen LogP contribution in [-0.4, -0.2) is 54.1 Å². The van der Waals surface area contributed by atoms with E-state index >= 15 is 0 Å². The highest BCUT2D eigenvalue weighted by molar-refractivity contribution is 7.79. The SMILES string of the molecule is CCC1CN(C(=N)N)CCN1.O=S(=O)(O)O. The van der Waals surface area contributed by atoms with Gasteiger partial charge < -0.3 is 16.0 Å². The molecule has 0 saturated carbocycles. The van der Waals surface area contributed by atoms with Gasteiger partial charge in [-0.3, -0.25) is 14.5 Å². The van der Waals surface area contributed by atoms with E-state index in [2.05, 4.69) is 12.2 Å². The predicted octanol–water partition coefficient (Wildman–Crippen LogP) is -1.09. The number of nitrogens with zero attached hydrogens (tertiary/aromatic N) is 1. The van der Waals surface area contributed by atoms with Gasteiger partial charge in [0, 0.05) is 25.7 Å². The molecular formula is C7H18N4O4S. The van der Waals surface area contributed by atoms with Crippen LogP contribution in [0.4, 0.5) is 0 Å². The Morgan fingerprint density at radius 3 is 2.50 bits per heavy atom. The molecule has 0 aliphatic carbocycles. The van der Waals surface area contributed by atoms with Crippen LogP contribution < -0.4 is 11.1 Å². The molecule has 0 radical (unpaired) electrons. The minimum Gasteiger partial charge on any atom is -0.370 e. The van der Waals surface area contributed by atoms with Crippen molar-refractivity contribution in [3.05, 3.63) is 0 Å². The lowest BCUT2D eigenvalue weighted by molar-refractivity contribution is 0.283. The van der Waals surface area contributed by atoms with Crippen molar-refractivity contribution in [2.45, 2.75) is 19.4 Å². The Kier molecular flexibility index (Phi) is 6.26. The van der Waals surface area contributed by atoms with Crippen LogP contribution in [-0.2, 0) is 10.4 Å². The van der Waals surface area contributed by atoms with Gasteiger partial charge in [-0.25, -0.2) is 0 Å². The Morgan fingerprint density at radius 2 is 2.12 bits per heavy atom. The smallest absolute Gasteiger partial charge is 0.370 e. The number of hydrogen-bond donors (Lipinski definition) is 5. The van der Waals surface area contributed by atoms with E-state index in [1.54, 1.807) is 0 Å². The van der Waals surface area contributed by atoms with E-state index in [4.69, 9.17) is 28.7 Å². The second-order valence-corrected chi connectivity index (χ2v) is 4.23. The van der Waals surface area contributed by atoms with Crippen LogP contribution in [0, 0.1) is 5.41 Å². The molecule has 0 spiro atoms. The van der Waals surface area contributed by atoms with Gasteiger partial charge in [-0.15, -0.1) is 0 Å². The molecule has 0 aromatic carbocycles. The predicted molar refractivity (Wildman–Crippen MR) is 59.7 cm³/mol. The molecule has 1 unspecified atom stereocenters. The van der Waals surface area contributed by atoms with Crippen LogP contribution in [0.5, 0.6) is 0 Å². The van der Waals surface area contributed by atoms with Crippen molar-refractivity contribution in [3.8, 4) is 0 Å². The van der Waals surface area contributed by atoms with Gasteiger partial charge in [0.1, 0.15) is 0 Å². The summed E-state index contributed by atoms with van der Waals surface area (Å²) in [5.41, 5.74) is 5.37. The van der Waals surface area contributed by atoms with Crippen molar-refractivity contribution >= 4 is 16.4 Å². The van der Waals surface area contributed by atoms with Crippen molar-refractivity contribution in [1.29, 1.82) is 5.41 Å². The summed E-state index contributed by atoms with van der Waals surface area (Å²) in [6.45, 7) is 4.83. The molecule has 1 fully saturated rings. The Morgan fingerprint density at radius 1 is 1.62 bits per heavy atom. The molecule has 8 nitrogen and oxygen atoms in total. The second kappa shape index (κ2) is 6.63. The maximum atomic E-state index is 8.74. The van der Waals surface area contributed by atoms with Crippen LogP contribution in [0.1, 0.15) is 13.3 Å². The van der Waals surface area contributed by atoms with E-state index in [1.165, 1.54) is 0 Å². The lowest BCUT2D eigenvalue weighted by atomic mass is 10.2. The summed E-state index contributed by atoms with van der Waals surface area (Å²) in [5, 5.41) is 10.6. The first kappa shape index (κ1) is 15.1. The molecule has 0 amide bonds. The van der Waals surface area contributed by atoms with E-state index in [9.17, 15) is 0 Å². The quantitative estimate of drug-likeness (QED) is 0.227. The second-order valence-electron chi connectivity index (χ2n) is 3.34. The third-order valence-corrected chi connectivity index (χ3v) is 2.09. The highest BCUT2D eigenvalue weighted by atomic mass is 32.3. The van der Waals surface area contributed by atoms with Crippen LogP contribution in [0.25, 0.3) is 0 Å². The molecule has 6 N–H and O–H groups in total. The van der Waals surface area contributed by atoms with Crippen LogP contribution >= 0.6 is 0 Å².